The molecule has 1 rings (SSSR count). The first kappa shape index (κ1) is 15.4. The first-order valence-corrected chi connectivity index (χ1v) is 5.79. The van der Waals surface area contributed by atoms with Gasteiger partial charge >= 0.3 is 18.0 Å². The molecule has 0 bridgehead atoms. The maximum Gasteiger partial charge on any atom is 0.337 e. The molecule has 20 heavy (non-hydrogen) atoms. The van der Waals surface area contributed by atoms with E-state index in [4.69, 9.17) is 5.11 Å². The summed E-state index contributed by atoms with van der Waals surface area (Å²) in [6.07, 6.45) is 2.49. The van der Waals surface area contributed by atoms with Crippen molar-refractivity contribution in [2.45, 2.75) is 6.92 Å². The van der Waals surface area contributed by atoms with Gasteiger partial charge in [-0.05, 0) is 13.0 Å². The molecule has 0 aliphatic rings. The lowest BCUT2D eigenvalue weighted by Crippen LogP contribution is -2.39. The van der Waals surface area contributed by atoms with Crippen LogP contribution in [-0.4, -0.2) is 53.2 Å². The fourth-order valence-corrected chi connectivity index (χ4v) is 1.38. The first-order valence-electron chi connectivity index (χ1n) is 5.79. The number of esters is 1. The minimum absolute atomic E-state index is 0.0428. The Kier molecular flexibility index (Phi) is 5.45. The molecule has 1 aromatic heterocycles. The molecule has 0 radical (unpaired) electrons. The van der Waals surface area contributed by atoms with Crippen molar-refractivity contribution in [3.63, 3.8) is 0 Å². The maximum absolute atomic E-state index is 11.9. The summed E-state index contributed by atoms with van der Waals surface area (Å²) < 4.78 is 4.48. The third-order valence-electron chi connectivity index (χ3n) is 2.45. The SMILES string of the molecule is CCN(CC(=O)OC)C(=O)Nc1cncc(C(=O)O)c1. The lowest BCUT2D eigenvalue weighted by molar-refractivity contribution is -0.141. The van der Waals surface area contributed by atoms with Gasteiger partial charge in [0.25, 0.3) is 0 Å². The number of nitrogens with one attached hydrogen (secondary N) is 1. The molecule has 108 valence electrons. The van der Waals surface area contributed by atoms with Crippen LogP contribution in [0.1, 0.15) is 17.3 Å². The summed E-state index contributed by atoms with van der Waals surface area (Å²) in [6.45, 7) is 1.81. The highest BCUT2D eigenvalue weighted by atomic mass is 16.5. The number of nitrogens with zero attached hydrogens (tertiary/aromatic N) is 2. The molecular weight excluding hydrogens is 266 g/mol. The molecular formula is C12H15N3O5. The van der Waals surface area contributed by atoms with E-state index >= 15 is 0 Å². The van der Waals surface area contributed by atoms with Crippen LogP contribution in [0, 0.1) is 0 Å². The molecule has 0 spiro atoms. The molecule has 0 aliphatic carbocycles. The zero-order valence-electron chi connectivity index (χ0n) is 11.1. The second-order valence-electron chi connectivity index (χ2n) is 3.79. The summed E-state index contributed by atoms with van der Waals surface area (Å²) in [5.41, 5.74) is 0.192. The average Bonchev–Trinajstić information content (AvgIpc) is 2.44. The number of rotatable bonds is 5. The van der Waals surface area contributed by atoms with E-state index in [0.717, 1.165) is 0 Å². The smallest absolute Gasteiger partial charge is 0.337 e. The average molecular weight is 281 g/mol. The third-order valence-corrected chi connectivity index (χ3v) is 2.45. The zero-order valence-corrected chi connectivity index (χ0v) is 11.1. The van der Waals surface area contributed by atoms with Gasteiger partial charge in [-0.2, -0.15) is 0 Å². The number of methoxy groups -OCH3 is 1. The van der Waals surface area contributed by atoms with Crippen LogP contribution in [-0.2, 0) is 9.53 Å². The van der Waals surface area contributed by atoms with Gasteiger partial charge < -0.3 is 20.1 Å². The highest BCUT2D eigenvalue weighted by Gasteiger charge is 2.16. The molecule has 1 heterocycles. The minimum Gasteiger partial charge on any atom is -0.478 e. The minimum atomic E-state index is -1.14. The molecule has 1 aromatic rings. The van der Waals surface area contributed by atoms with Crippen molar-refractivity contribution in [1.82, 2.24) is 9.88 Å². The fraction of sp³-hybridized carbons (Fsp3) is 0.333. The number of urea groups is 1. The van der Waals surface area contributed by atoms with Crippen molar-refractivity contribution >= 4 is 23.7 Å². The normalized spacial score (nSPS) is 9.70. The molecule has 2 amide bonds. The van der Waals surface area contributed by atoms with Crippen molar-refractivity contribution in [3.05, 3.63) is 24.0 Å². The number of amides is 2. The lowest BCUT2D eigenvalue weighted by atomic mass is 10.2. The van der Waals surface area contributed by atoms with Crippen molar-refractivity contribution in [3.8, 4) is 0 Å². The molecule has 0 unspecified atom stereocenters. The number of likely N-dealkylation sites (N-methyl/N-ethyl adjacent to an activating group) is 1. The van der Waals surface area contributed by atoms with Crippen LogP contribution in [0.15, 0.2) is 18.5 Å². The second kappa shape index (κ2) is 7.07. The molecule has 0 fully saturated rings. The van der Waals surface area contributed by atoms with E-state index < -0.39 is 18.0 Å². The van der Waals surface area contributed by atoms with Gasteiger partial charge in [-0.25, -0.2) is 9.59 Å². The summed E-state index contributed by atoms with van der Waals surface area (Å²) in [5.74, 6) is -1.69. The Labute approximate surface area is 115 Å². The van der Waals surface area contributed by atoms with Gasteiger partial charge in [0.2, 0.25) is 0 Å². The fourth-order valence-electron chi connectivity index (χ4n) is 1.38. The van der Waals surface area contributed by atoms with E-state index in [-0.39, 0.29) is 17.8 Å². The van der Waals surface area contributed by atoms with E-state index in [2.05, 4.69) is 15.0 Å². The topological polar surface area (TPSA) is 109 Å². The standard InChI is InChI=1S/C12H15N3O5/c1-3-15(7-10(16)20-2)12(19)14-9-4-8(11(17)18)5-13-6-9/h4-6H,3,7H2,1-2H3,(H,14,19)(H,17,18). The van der Waals surface area contributed by atoms with E-state index in [1.165, 1.54) is 30.5 Å². The van der Waals surface area contributed by atoms with Gasteiger partial charge in [0.1, 0.15) is 6.54 Å². The molecule has 0 aromatic carbocycles. The molecule has 0 atom stereocenters. The van der Waals surface area contributed by atoms with Crippen LogP contribution in [0.4, 0.5) is 10.5 Å². The van der Waals surface area contributed by atoms with Crippen LogP contribution in [0.2, 0.25) is 0 Å². The molecule has 8 nitrogen and oxygen atoms in total. The second-order valence-corrected chi connectivity index (χ2v) is 3.79. The summed E-state index contributed by atoms with van der Waals surface area (Å²) in [4.78, 5) is 38.8. The predicted octanol–water partition coefficient (Wildman–Crippen LogP) is 0.807. The maximum atomic E-state index is 11.9. The number of carbonyl (C=O) groups excluding carboxylic acids is 2. The number of hydrogen-bond donors (Lipinski definition) is 2. The highest BCUT2D eigenvalue weighted by molar-refractivity contribution is 5.93. The first-order chi connectivity index (χ1) is 9.47. The van der Waals surface area contributed by atoms with Crippen LogP contribution in [0.3, 0.4) is 0 Å². The number of anilines is 1. The number of ether oxygens (including phenoxy) is 1. The predicted molar refractivity (Wildman–Crippen MR) is 69.5 cm³/mol. The Balaban J connectivity index is 2.75. The van der Waals surface area contributed by atoms with E-state index in [9.17, 15) is 14.4 Å². The highest BCUT2D eigenvalue weighted by Crippen LogP contribution is 2.09. The van der Waals surface area contributed by atoms with Crippen LogP contribution >= 0.6 is 0 Å². The van der Waals surface area contributed by atoms with Crippen molar-refractivity contribution in [2.24, 2.45) is 0 Å². The number of hydrogen-bond acceptors (Lipinski definition) is 5. The van der Waals surface area contributed by atoms with Crippen molar-refractivity contribution < 1.29 is 24.2 Å². The Bertz CT molecular complexity index is 518. The Hall–Kier alpha value is -2.64. The van der Waals surface area contributed by atoms with Crippen molar-refractivity contribution in [1.29, 1.82) is 0 Å². The molecule has 2 N–H and O–H groups in total. The number of aromatic carboxylic acids is 1. The number of carbonyl (C=O) groups is 3. The summed E-state index contributed by atoms with van der Waals surface area (Å²) in [7, 11) is 1.23. The zero-order chi connectivity index (χ0) is 15.1. The van der Waals surface area contributed by atoms with Gasteiger partial charge in [-0.15, -0.1) is 0 Å². The van der Waals surface area contributed by atoms with Gasteiger partial charge in [0, 0.05) is 12.7 Å². The van der Waals surface area contributed by atoms with Gasteiger partial charge in [-0.3, -0.25) is 9.78 Å². The van der Waals surface area contributed by atoms with Gasteiger partial charge in [-0.1, -0.05) is 0 Å². The Morgan fingerprint density at radius 2 is 2.10 bits per heavy atom. The van der Waals surface area contributed by atoms with Gasteiger partial charge in [0.15, 0.2) is 0 Å². The summed E-state index contributed by atoms with van der Waals surface area (Å²) in [6, 6.07) is 0.737. The quantitative estimate of drug-likeness (QED) is 0.773. The monoisotopic (exact) mass is 281 g/mol. The number of carboxylic acids is 1. The summed E-state index contributed by atoms with van der Waals surface area (Å²) in [5, 5.41) is 11.3. The molecule has 0 saturated heterocycles. The lowest BCUT2D eigenvalue weighted by Gasteiger charge is -2.19. The Morgan fingerprint density at radius 1 is 1.40 bits per heavy atom. The van der Waals surface area contributed by atoms with E-state index in [1.54, 1.807) is 6.92 Å². The van der Waals surface area contributed by atoms with Crippen LogP contribution < -0.4 is 5.32 Å². The number of pyridine rings is 1. The molecule has 0 aliphatic heterocycles. The van der Waals surface area contributed by atoms with Crippen LogP contribution in [0.5, 0.6) is 0 Å². The van der Waals surface area contributed by atoms with E-state index in [1.807, 2.05) is 0 Å². The van der Waals surface area contributed by atoms with Crippen molar-refractivity contribution in [2.75, 3.05) is 25.5 Å². The molecule has 0 saturated carbocycles. The summed E-state index contributed by atoms with van der Waals surface area (Å²) >= 11 is 0. The Morgan fingerprint density at radius 3 is 2.65 bits per heavy atom. The van der Waals surface area contributed by atoms with Crippen LogP contribution in [0.25, 0.3) is 0 Å². The number of carboxylic acid groups (broad SMARTS) is 1. The molecule has 8 heteroatoms. The van der Waals surface area contributed by atoms with Gasteiger partial charge in [0.05, 0.1) is 24.6 Å². The van der Waals surface area contributed by atoms with E-state index in [0.29, 0.717) is 6.54 Å². The number of aromatic nitrogens is 1. The third kappa shape index (κ3) is 4.23. The largest absolute Gasteiger partial charge is 0.478 e.